The molecular formula is C13H17N3O. The highest BCUT2D eigenvalue weighted by molar-refractivity contribution is 5.45. The van der Waals surface area contributed by atoms with Gasteiger partial charge in [0, 0.05) is 18.4 Å². The highest BCUT2D eigenvalue weighted by atomic mass is 16.3. The monoisotopic (exact) mass is 231 g/mol. The number of hydrogen-bond acceptors (Lipinski definition) is 3. The lowest BCUT2D eigenvalue weighted by Gasteiger charge is -2.09. The first-order valence-electron chi connectivity index (χ1n) is 5.76. The number of rotatable bonds is 5. The normalized spacial score (nSPS) is 10.5. The Labute approximate surface area is 101 Å². The van der Waals surface area contributed by atoms with Crippen LogP contribution in [0.4, 0.5) is 5.69 Å². The van der Waals surface area contributed by atoms with Gasteiger partial charge < -0.3 is 15.0 Å². The number of anilines is 1. The maximum Gasteiger partial charge on any atom is 0.0948 e. The van der Waals surface area contributed by atoms with Crippen LogP contribution in [0.2, 0.25) is 0 Å². The Balaban J connectivity index is 2.02. The molecule has 0 spiro atoms. The minimum atomic E-state index is 0.0718. The van der Waals surface area contributed by atoms with Crippen LogP contribution in [0.5, 0.6) is 0 Å². The third-order valence-electron chi connectivity index (χ3n) is 2.72. The van der Waals surface area contributed by atoms with Gasteiger partial charge in [-0.15, -0.1) is 0 Å². The smallest absolute Gasteiger partial charge is 0.0948 e. The largest absolute Gasteiger partial charge is 0.392 e. The molecule has 0 saturated carbocycles. The van der Waals surface area contributed by atoms with Crippen LogP contribution in [0.15, 0.2) is 36.8 Å². The van der Waals surface area contributed by atoms with Crippen LogP contribution in [0.25, 0.3) is 0 Å². The zero-order chi connectivity index (χ0) is 12.1. The van der Waals surface area contributed by atoms with E-state index in [2.05, 4.69) is 21.8 Å². The van der Waals surface area contributed by atoms with Gasteiger partial charge in [-0.3, -0.25) is 0 Å². The molecule has 0 fully saturated rings. The van der Waals surface area contributed by atoms with Crippen LogP contribution in [0.1, 0.15) is 18.2 Å². The standard InChI is InChI=1S/C13H17N3O/c1-2-16-10-14-7-13(16)8-15-12-5-3-4-11(6-12)9-17/h3-7,10,15,17H,2,8-9H2,1H3. The Morgan fingerprint density at radius 2 is 2.29 bits per heavy atom. The number of nitrogens with zero attached hydrogens (tertiary/aromatic N) is 2. The van der Waals surface area contributed by atoms with Gasteiger partial charge in [0.1, 0.15) is 0 Å². The number of aromatic nitrogens is 2. The van der Waals surface area contributed by atoms with Crippen molar-refractivity contribution in [2.45, 2.75) is 26.6 Å². The van der Waals surface area contributed by atoms with Crippen LogP contribution >= 0.6 is 0 Å². The lowest BCUT2D eigenvalue weighted by atomic mass is 10.2. The molecule has 0 aliphatic heterocycles. The fraction of sp³-hybridized carbons (Fsp3) is 0.308. The molecule has 2 N–H and O–H groups in total. The van der Waals surface area contributed by atoms with Crippen LogP contribution < -0.4 is 5.32 Å². The molecule has 0 amide bonds. The molecule has 90 valence electrons. The van der Waals surface area contributed by atoms with Crippen molar-refractivity contribution in [3.8, 4) is 0 Å². The molecule has 0 aliphatic carbocycles. The number of hydrogen-bond donors (Lipinski definition) is 2. The first kappa shape index (κ1) is 11.7. The summed E-state index contributed by atoms with van der Waals surface area (Å²) in [5.41, 5.74) is 3.08. The predicted molar refractivity (Wildman–Crippen MR) is 67.6 cm³/mol. The van der Waals surface area contributed by atoms with Crippen LogP contribution in [0.3, 0.4) is 0 Å². The average molecular weight is 231 g/mol. The summed E-state index contributed by atoms with van der Waals surface area (Å²) in [6.45, 7) is 3.83. The molecule has 1 aromatic carbocycles. The second-order valence-corrected chi connectivity index (χ2v) is 3.88. The molecule has 4 nitrogen and oxygen atoms in total. The molecule has 0 saturated heterocycles. The molecule has 0 radical (unpaired) electrons. The lowest BCUT2D eigenvalue weighted by molar-refractivity contribution is 0.282. The third kappa shape index (κ3) is 2.85. The van der Waals surface area contributed by atoms with Crippen molar-refractivity contribution < 1.29 is 5.11 Å². The summed E-state index contributed by atoms with van der Waals surface area (Å²) in [6, 6.07) is 7.78. The van der Waals surface area contributed by atoms with E-state index in [1.54, 1.807) is 0 Å². The fourth-order valence-corrected chi connectivity index (χ4v) is 1.75. The van der Waals surface area contributed by atoms with Gasteiger partial charge in [-0.2, -0.15) is 0 Å². The maximum atomic E-state index is 9.05. The van der Waals surface area contributed by atoms with Crippen molar-refractivity contribution in [3.63, 3.8) is 0 Å². The van der Waals surface area contributed by atoms with Gasteiger partial charge in [-0.1, -0.05) is 12.1 Å². The number of aryl methyl sites for hydroxylation is 1. The first-order chi connectivity index (χ1) is 8.33. The van der Waals surface area contributed by atoms with Crippen LogP contribution in [0, 0.1) is 0 Å². The zero-order valence-electron chi connectivity index (χ0n) is 9.93. The quantitative estimate of drug-likeness (QED) is 0.827. The van der Waals surface area contributed by atoms with Crippen molar-refractivity contribution in [1.82, 2.24) is 9.55 Å². The van der Waals surface area contributed by atoms with E-state index in [0.717, 1.165) is 30.0 Å². The van der Waals surface area contributed by atoms with Gasteiger partial charge >= 0.3 is 0 Å². The van der Waals surface area contributed by atoms with Crippen LogP contribution in [-0.2, 0) is 19.7 Å². The van der Waals surface area contributed by atoms with E-state index in [4.69, 9.17) is 5.11 Å². The maximum absolute atomic E-state index is 9.05. The van der Waals surface area contributed by atoms with Crippen LogP contribution in [-0.4, -0.2) is 14.7 Å². The van der Waals surface area contributed by atoms with Gasteiger partial charge in [-0.05, 0) is 24.6 Å². The second-order valence-electron chi connectivity index (χ2n) is 3.88. The summed E-state index contributed by atoms with van der Waals surface area (Å²) in [5, 5.41) is 12.4. The SMILES string of the molecule is CCn1cncc1CNc1cccc(CO)c1. The Morgan fingerprint density at radius 1 is 1.41 bits per heavy atom. The number of imidazole rings is 1. The van der Waals surface area contributed by atoms with Gasteiger partial charge in [0.2, 0.25) is 0 Å². The van der Waals surface area contributed by atoms with Gasteiger partial charge in [0.25, 0.3) is 0 Å². The van der Waals surface area contributed by atoms with Gasteiger partial charge in [0.05, 0.1) is 25.2 Å². The molecule has 1 aromatic heterocycles. The van der Waals surface area contributed by atoms with Gasteiger partial charge in [0.15, 0.2) is 0 Å². The van der Waals surface area contributed by atoms with E-state index in [1.807, 2.05) is 36.8 Å². The summed E-state index contributed by atoms with van der Waals surface area (Å²) in [5.74, 6) is 0. The molecular weight excluding hydrogens is 214 g/mol. The highest BCUT2D eigenvalue weighted by Gasteiger charge is 2.00. The van der Waals surface area contributed by atoms with Crippen molar-refractivity contribution >= 4 is 5.69 Å². The molecule has 4 heteroatoms. The second kappa shape index (κ2) is 5.50. The Kier molecular flexibility index (Phi) is 3.77. The molecule has 0 atom stereocenters. The summed E-state index contributed by atoms with van der Waals surface area (Å²) >= 11 is 0. The number of benzene rings is 1. The van der Waals surface area contributed by atoms with Crippen molar-refractivity contribution in [2.75, 3.05) is 5.32 Å². The summed E-state index contributed by atoms with van der Waals surface area (Å²) in [6.07, 6.45) is 3.70. The summed E-state index contributed by atoms with van der Waals surface area (Å²) in [4.78, 5) is 4.12. The average Bonchev–Trinajstić information content (AvgIpc) is 2.84. The Bertz CT molecular complexity index is 479. The lowest BCUT2D eigenvalue weighted by Crippen LogP contribution is -2.06. The fourth-order valence-electron chi connectivity index (χ4n) is 1.75. The minimum absolute atomic E-state index is 0.0718. The Hall–Kier alpha value is -1.81. The van der Waals surface area contributed by atoms with Crippen molar-refractivity contribution in [3.05, 3.63) is 48.0 Å². The molecule has 1 heterocycles. The molecule has 0 bridgehead atoms. The Morgan fingerprint density at radius 3 is 3.06 bits per heavy atom. The number of nitrogens with one attached hydrogen (secondary N) is 1. The summed E-state index contributed by atoms with van der Waals surface area (Å²) in [7, 11) is 0. The summed E-state index contributed by atoms with van der Waals surface area (Å²) < 4.78 is 2.10. The van der Waals surface area contributed by atoms with E-state index >= 15 is 0 Å². The van der Waals surface area contributed by atoms with E-state index in [1.165, 1.54) is 0 Å². The molecule has 0 unspecified atom stereocenters. The first-order valence-corrected chi connectivity index (χ1v) is 5.76. The molecule has 2 aromatic rings. The minimum Gasteiger partial charge on any atom is -0.392 e. The topological polar surface area (TPSA) is 50.1 Å². The number of aliphatic hydroxyl groups excluding tert-OH is 1. The highest BCUT2D eigenvalue weighted by Crippen LogP contribution is 2.12. The van der Waals surface area contributed by atoms with Crippen molar-refractivity contribution in [2.24, 2.45) is 0 Å². The van der Waals surface area contributed by atoms with E-state index in [0.29, 0.717) is 0 Å². The molecule has 0 aliphatic rings. The third-order valence-corrected chi connectivity index (χ3v) is 2.72. The van der Waals surface area contributed by atoms with E-state index in [-0.39, 0.29) is 6.61 Å². The number of aliphatic hydroxyl groups is 1. The molecule has 17 heavy (non-hydrogen) atoms. The van der Waals surface area contributed by atoms with Gasteiger partial charge in [-0.25, -0.2) is 4.98 Å². The predicted octanol–water partition coefficient (Wildman–Crippen LogP) is 2.01. The van der Waals surface area contributed by atoms with E-state index < -0.39 is 0 Å². The van der Waals surface area contributed by atoms with E-state index in [9.17, 15) is 0 Å². The zero-order valence-corrected chi connectivity index (χ0v) is 9.93. The molecule has 2 rings (SSSR count). The van der Waals surface area contributed by atoms with Crippen molar-refractivity contribution in [1.29, 1.82) is 0 Å².